The van der Waals surface area contributed by atoms with Gasteiger partial charge in [-0.05, 0) is 32.4 Å². The van der Waals surface area contributed by atoms with Crippen LogP contribution in [-0.2, 0) is 4.74 Å². The summed E-state index contributed by atoms with van der Waals surface area (Å²) in [6, 6.07) is 3.49. The highest BCUT2D eigenvalue weighted by atomic mass is 32.1. The van der Waals surface area contributed by atoms with Crippen molar-refractivity contribution in [1.29, 1.82) is 0 Å². The van der Waals surface area contributed by atoms with Gasteiger partial charge in [-0.3, -0.25) is 10.1 Å². The van der Waals surface area contributed by atoms with Crippen LogP contribution in [0.5, 0.6) is 0 Å². The molecule has 1 amide bonds. The van der Waals surface area contributed by atoms with E-state index in [-0.39, 0.29) is 12.0 Å². The molecule has 118 valence electrons. The van der Waals surface area contributed by atoms with E-state index in [2.05, 4.69) is 25.8 Å². The van der Waals surface area contributed by atoms with Crippen molar-refractivity contribution in [3.8, 4) is 0 Å². The fourth-order valence-corrected chi connectivity index (χ4v) is 2.08. The number of anilines is 2. The average Bonchev–Trinajstić information content (AvgIpc) is 3.00. The third-order valence-corrected chi connectivity index (χ3v) is 3.29. The van der Waals surface area contributed by atoms with Crippen molar-refractivity contribution < 1.29 is 9.53 Å². The Bertz CT molecular complexity index is 571. The molecule has 22 heavy (non-hydrogen) atoms. The second-order valence-corrected chi connectivity index (χ2v) is 5.66. The van der Waals surface area contributed by atoms with Gasteiger partial charge >= 0.3 is 0 Å². The van der Waals surface area contributed by atoms with Crippen molar-refractivity contribution in [3.63, 3.8) is 0 Å². The van der Waals surface area contributed by atoms with Crippen LogP contribution in [0.15, 0.2) is 23.8 Å². The van der Waals surface area contributed by atoms with Crippen molar-refractivity contribution in [1.82, 2.24) is 15.2 Å². The third-order valence-electron chi connectivity index (χ3n) is 2.68. The zero-order valence-corrected chi connectivity index (χ0v) is 13.4. The maximum atomic E-state index is 11.9. The highest BCUT2D eigenvalue weighted by Crippen LogP contribution is 2.11. The van der Waals surface area contributed by atoms with Crippen molar-refractivity contribution in [3.05, 3.63) is 29.4 Å². The van der Waals surface area contributed by atoms with Gasteiger partial charge in [0.25, 0.3) is 5.91 Å². The van der Waals surface area contributed by atoms with Gasteiger partial charge in [0.1, 0.15) is 11.3 Å². The van der Waals surface area contributed by atoms with Crippen molar-refractivity contribution >= 4 is 28.2 Å². The minimum atomic E-state index is -0.249. The molecule has 0 aliphatic heterocycles. The van der Waals surface area contributed by atoms with Gasteiger partial charge in [-0.1, -0.05) is 11.3 Å². The number of pyridine rings is 1. The molecule has 0 unspecified atom stereocenters. The molecule has 0 bridgehead atoms. The van der Waals surface area contributed by atoms with Crippen LogP contribution < -0.4 is 10.6 Å². The fraction of sp³-hybridized carbons (Fsp3) is 0.429. The second kappa shape index (κ2) is 8.40. The Morgan fingerprint density at radius 2 is 2.27 bits per heavy atom. The van der Waals surface area contributed by atoms with Crippen LogP contribution in [0, 0.1) is 0 Å². The van der Waals surface area contributed by atoms with E-state index in [4.69, 9.17) is 4.74 Å². The molecular weight excluding hydrogens is 302 g/mol. The van der Waals surface area contributed by atoms with E-state index in [1.807, 2.05) is 13.8 Å². The van der Waals surface area contributed by atoms with Crippen LogP contribution in [0.3, 0.4) is 0 Å². The fourth-order valence-electron chi connectivity index (χ4n) is 1.64. The molecule has 2 heterocycles. The molecule has 2 aromatic rings. The monoisotopic (exact) mass is 321 g/mol. The van der Waals surface area contributed by atoms with Crippen LogP contribution in [0.1, 0.15) is 30.6 Å². The Morgan fingerprint density at radius 3 is 2.91 bits per heavy atom. The van der Waals surface area contributed by atoms with E-state index >= 15 is 0 Å². The highest BCUT2D eigenvalue weighted by molar-refractivity contribution is 7.13. The summed E-state index contributed by atoms with van der Waals surface area (Å²) in [6.07, 6.45) is 2.69. The van der Waals surface area contributed by atoms with Crippen molar-refractivity contribution in [2.24, 2.45) is 0 Å². The SMILES string of the molecule is CC(C)OCCCNc1ccc(C(=O)Nc2nncs2)cn1. The quantitative estimate of drug-likeness (QED) is 0.726. The maximum absolute atomic E-state index is 11.9. The number of nitrogens with zero attached hydrogens (tertiary/aromatic N) is 3. The Hall–Kier alpha value is -2.06. The number of carbonyl (C=O) groups excluding carboxylic acids is 1. The second-order valence-electron chi connectivity index (χ2n) is 4.83. The molecule has 0 saturated carbocycles. The largest absolute Gasteiger partial charge is 0.379 e. The maximum Gasteiger partial charge on any atom is 0.259 e. The molecule has 0 saturated heterocycles. The molecule has 0 aliphatic carbocycles. The van der Waals surface area contributed by atoms with Gasteiger partial charge in [0.2, 0.25) is 5.13 Å². The van der Waals surface area contributed by atoms with Crippen LogP contribution >= 0.6 is 11.3 Å². The summed E-state index contributed by atoms with van der Waals surface area (Å²) in [5, 5.41) is 13.7. The first-order valence-electron chi connectivity index (χ1n) is 7.04. The minimum absolute atomic E-state index is 0.249. The molecule has 0 fully saturated rings. The Morgan fingerprint density at radius 1 is 1.41 bits per heavy atom. The topological polar surface area (TPSA) is 89.0 Å². The first-order valence-corrected chi connectivity index (χ1v) is 7.92. The van der Waals surface area contributed by atoms with E-state index in [1.165, 1.54) is 17.5 Å². The number of ether oxygens (including phenoxy) is 1. The van der Waals surface area contributed by atoms with E-state index < -0.39 is 0 Å². The summed E-state index contributed by atoms with van der Waals surface area (Å²) in [5.74, 6) is 0.484. The predicted octanol–water partition coefficient (Wildman–Crippen LogP) is 2.41. The van der Waals surface area contributed by atoms with Crippen LogP contribution in [-0.4, -0.2) is 40.3 Å². The van der Waals surface area contributed by atoms with Crippen LogP contribution in [0.4, 0.5) is 10.9 Å². The predicted molar refractivity (Wildman–Crippen MR) is 86.3 cm³/mol. The third kappa shape index (κ3) is 5.38. The van der Waals surface area contributed by atoms with Gasteiger partial charge in [0, 0.05) is 19.3 Å². The van der Waals surface area contributed by atoms with Gasteiger partial charge < -0.3 is 10.1 Å². The summed E-state index contributed by atoms with van der Waals surface area (Å²) in [4.78, 5) is 16.2. The Labute approximate surface area is 133 Å². The summed E-state index contributed by atoms with van der Waals surface area (Å²) < 4.78 is 5.46. The molecule has 0 atom stereocenters. The van der Waals surface area contributed by atoms with Gasteiger partial charge in [0.15, 0.2) is 0 Å². The number of carbonyl (C=O) groups is 1. The summed E-state index contributed by atoms with van der Waals surface area (Å²) in [7, 11) is 0. The van der Waals surface area contributed by atoms with Gasteiger partial charge in [-0.2, -0.15) is 0 Å². The zero-order chi connectivity index (χ0) is 15.8. The summed E-state index contributed by atoms with van der Waals surface area (Å²) in [6.45, 7) is 5.52. The number of nitrogens with one attached hydrogen (secondary N) is 2. The van der Waals surface area contributed by atoms with Crippen molar-refractivity contribution in [2.75, 3.05) is 23.8 Å². The molecule has 0 aliphatic rings. The van der Waals surface area contributed by atoms with Gasteiger partial charge in [-0.15, -0.1) is 10.2 Å². The first kappa shape index (κ1) is 16.3. The molecule has 2 N–H and O–H groups in total. The Kier molecular flexibility index (Phi) is 6.23. The number of amides is 1. The lowest BCUT2D eigenvalue weighted by Gasteiger charge is -2.08. The van der Waals surface area contributed by atoms with Gasteiger partial charge in [0.05, 0.1) is 11.7 Å². The van der Waals surface area contributed by atoms with E-state index in [9.17, 15) is 4.79 Å². The number of hydrogen-bond acceptors (Lipinski definition) is 7. The standard InChI is InChI=1S/C14H19N5O2S/c1-10(2)21-7-3-6-15-12-5-4-11(8-16-12)13(20)18-14-19-17-9-22-14/h4-5,8-10H,3,6-7H2,1-2H3,(H,15,16)(H,18,19,20). The molecule has 0 spiro atoms. The number of hydrogen-bond donors (Lipinski definition) is 2. The first-order chi connectivity index (χ1) is 10.6. The van der Waals surface area contributed by atoms with Gasteiger partial charge in [-0.25, -0.2) is 4.98 Å². The average molecular weight is 321 g/mol. The van der Waals surface area contributed by atoms with E-state index in [1.54, 1.807) is 17.6 Å². The lowest BCUT2D eigenvalue weighted by Crippen LogP contribution is -2.13. The summed E-state index contributed by atoms with van der Waals surface area (Å²) in [5.41, 5.74) is 2.04. The highest BCUT2D eigenvalue weighted by Gasteiger charge is 2.08. The molecule has 0 aromatic carbocycles. The molecule has 2 aromatic heterocycles. The molecule has 7 nitrogen and oxygen atoms in total. The number of rotatable bonds is 8. The zero-order valence-electron chi connectivity index (χ0n) is 12.6. The van der Waals surface area contributed by atoms with E-state index in [0.29, 0.717) is 17.3 Å². The van der Waals surface area contributed by atoms with Crippen LogP contribution in [0.25, 0.3) is 0 Å². The van der Waals surface area contributed by atoms with Crippen LogP contribution in [0.2, 0.25) is 0 Å². The lowest BCUT2D eigenvalue weighted by molar-refractivity contribution is 0.0787. The lowest BCUT2D eigenvalue weighted by atomic mass is 10.2. The molecule has 8 heteroatoms. The normalized spacial score (nSPS) is 10.7. The smallest absolute Gasteiger partial charge is 0.259 e. The van der Waals surface area contributed by atoms with E-state index in [0.717, 1.165) is 18.8 Å². The summed E-state index contributed by atoms with van der Waals surface area (Å²) >= 11 is 1.27. The molecule has 0 radical (unpaired) electrons. The minimum Gasteiger partial charge on any atom is -0.379 e. The molecule has 2 rings (SSSR count). The number of aromatic nitrogens is 3. The Balaban J connectivity index is 1.76. The van der Waals surface area contributed by atoms with Crippen molar-refractivity contribution in [2.45, 2.75) is 26.4 Å². The molecular formula is C14H19N5O2S.